The molecule has 186 valence electrons. The third-order valence-corrected chi connectivity index (χ3v) is 8.35. The molecule has 9 nitrogen and oxygen atoms in total. The highest BCUT2D eigenvalue weighted by Gasteiger charge is 2.23. The molecule has 10 heteroatoms. The molecular weight excluding hydrogens is 468 g/mol. The lowest BCUT2D eigenvalue weighted by molar-refractivity contribution is -0.906. The van der Waals surface area contributed by atoms with Crippen LogP contribution in [0, 0.1) is 13.8 Å². The van der Waals surface area contributed by atoms with Gasteiger partial charge in [-0.2, -0.15) is 0 Å². The van der Waals surface area contributed by atoms with Crippen molar-refractivity contribution in [3.63, 3.8) is 0 Å². The predicted octanol–water partition coefficient (Wildman–Crippen LogP) is 0.615. The fraction of sp³-hybridized carbons (Fsp3) is 0.360. The van der Waals surface area contributed by atoms with Crippen LogP contribution >= 0.6 is 0 Å². The van der Waals surface area contributed by atoms with Crippen molar-refractivity contribution in [2.45, 2.75) is 18.7 Å². The first-order valence-corrected chi connectivity index (χ1v) is 13.0. The van der Waals surface area contributed by atoms with Gasteiger partial charge in [0, 0.05) is 24.1 Å². The molecule has 0 atom stereocenters. The van der Waals surface area contributed by atoms with Gasteiger partial charge in [-0.3, -0.25) is 13.9 Å². The van der Waals surface area contributed by atoms with Gasteiger partial charge in [-0.25, -0.2) is 8.42 Å². The molecule has 2 heterocycles. The van der Waals surface area contributed by atoms with Crippen molar-refractivity contribution in [3.05, 3.63) is 69.5 Å². The Bertz CT molecular complexity index is 1410. The maximum absolute atomic E-state index is 13.3. The minimum atomic E-state index is -3.92. The van der Waals surface area contributed by atoms with Crippen molar-refractivity contribution in [2.75, 3.05) is 50.7 Å². The largest absolute Gasteiger partial charge is 0.370 e. The monoisotopic (exact) mass is 499 g/mol. The number of fused-ring (bicyclic) bond motifs is 1. The van der Waals surface area contributed by atoms with E-state index in [-0.39, 0.29) is 15.8 Å². The first-order valence-electron chi connectivity index (χ1n) is 11.6. The number of ether oxygens (including phenoxy) is 1. The lowest BCUT2D eigenvalue weighted by Crippen LogP contribution is -3.14. The summed E-state index contributed by atoms with van der Waals surface area (Å²) in [5.41, 5.74) is 2.46. The van der Waals surface area contributed by atoms with E-state index in [0.717, 1.165) is 30.8 Å². The Kier molecular flexibility index (Phi) is 7.25. The first kappa shape index (κ1) is 24.9. The number of aromatic nitrogens is 1. The number of aromatic amines is 1. The van der Waals surface area contributed by atoms with E-state index in [1.54, 1.807) is 12.1 Å². The summed E-state index contributed by atoms with van der Waals surface area (Å²) in [7, 11) is -2.44. The number of quaternary nitrogens is 1. The van der Waals surface area contributed by atoms with Crippen molar-refractivity contribution in [3.8, 4) is 0 Å². The molecule has 1 aliphatic heterocycles. The number of carbonyl (C=O) groups is 1. The molecule has 0 aliphatic carbocycles. The molecule has 35 heavy (non-hydrogen) atoms. The van der Waals surface area contributed by atoms with Crippen molar-refractivity contribution in [1.29, 1.82) is 0 Å². The highest BCUT2D eigenvalue weighted by Crippen LogP contribution is 2.25. The molecule has 2 aromatic carbocycles. The predicted molar refractivity (Wildman–Crippen MR) is 135 cm³/mol. The standard InChI is InChI=1S/C25H30N4O5S/c1-17-4-5-19(14-18(17)2)28(3)35(32,33)20-6-7-23-21(15-20)24(30)22(16-27-23)25(31)26-8-9-29-10-12-34-13-11-29/h4-7,14-16H,8-13H2,1-3H3,(H,26,31)(H,27,30)/p+1. The molecule has 3 N–H and O–H groups in total. The number of nitrogens with one attached hydrogen (secondary N) is 3. The van der Waals surface area contributed by atoms with Gasteiger partial charge in [0.25, 0.3) is 15.9 Å². The number of sulfonamides is 1. The zero-order chi connectivity index (χ0) is 25.2. The number of pyridine rings is 1. The fourth-order valence-corrected chi connectivity index (χ4v) is 5.32. The van der Waals surface area contributed by atoms with Crippen LogP contribution in [0.5, 0.6) is 0 Å². The molecule has 4 rings (SSSR count). The average Bonchev–Trinajstić information content (AvgIpc) is 2.86. The highest BCUT2D eigenvalue weighted by atomic mass is 32.2. The van der Waals surface area contributed by atoms with Gasteiger partial charge in [-0.15, -0.1) is 0 Å². The fourth-order valence-electron chi connectivity index (χ4n) is 4.10. The summed E-state index contributed by atoms with van der Waals surface area (Å²) < 4.78 is 33.2. The van der Waals surface area contributed by atoms with Gasteiger partial charge in [0.1, 0.15) is 18.7 Å². The second-order valence-corrected chi connectivity index (χ2v) is 10.8. The molecule has 1 saturated heterocycles. The Hall–Kier alpha value is -3.21. The molecule has 0 unspecified atom stereocenters. The smallest absolute Gasteiger partial charge is 0.264 e. The van der Waals surface area contributed by atoms with Crippen LogP contribution in [0.2, 0.25) is 0 Å². The summed E-state index contributed by atoms with van der Waals surface area (Å²) in [5, 5.41) is 2.94. The number of benzene rings is 2. The van der Waals surface area contributed by atoms with Crippen LogP contribution in [0.4, 0.5) is 5.69 Å². The van der Waals surface area contributed by atoms with Gasteiger partial charge < -0.3 is 19.9 Å². The van der Waals surface area contributed by atoms with E-state index in [1.807, 2.05) is 26.0 Å². The Morgan fingerprint density at radius 1 is 1.11 bits per heavy atom. The minimum Gasteiger partial charge on any atom is -0.370 e. The van der Waals surface area contributed by atoms with Crippen LogP contribution < -0.4 is 20.0 Å². The van der Waals surface area contributed by atoms with E-state index in [2.05, 4.69) is 10.3 Å². The number of amides is 1. The van der Waals surface area contributed by atoms with Crippen molar-refractivity contribution >= 4 is 32.5 Å². The molecule has 0 spiro atoms. The Labute approximate surface area is 204 Å². The third kappa shape index (κ3) is 5.24. The second-order valence-electron chi connectivity index (χ2n) is 8.85. The van der Waals surface area contributed by atoms with Gasteiger partial charge in [-0.05, 0) is 55.3 Å². The quantitative estimate of drug-likeness (QED) is 0.441. The summed E-state index contributed by atoms with van der Waals surface area (Å²) in [4.78, 5) is 30.1. The van der Waals surface area contributed by atoms with Crippen LogP contribution in [0.3, 0.4) is 0 Å². The minimum absolute atomic E-state index is 0.0234. The Morgan fingerprint density at radius 2 is 1.86 bits per heavy atom. The van der Waals surface area contributed by atoms with Gasteiger partial charge in [0.15, 0.2) is 0 Å². The lowest BCUT2D eigenvalue weighted by atomic mass is 10.1. The Morgan fingerprint density at radius 3 is 2.57 bits per heavy atom. The number of morpholine rings is 1. The third-order valence-electron chi connectivity index (χ3n) is 6.57. The number of anilines is 1. The molecule has 1 aliphatic rings. The van der Waals surface area contributed by atoms with Crippen molar-refractivity contribution in [1.82, 2.24) is 10.3 Å². The maximum atomic E-state index is 13.3. The van der Waals surface area contributed by atoms with Crippen LogP contribution in [0.15, 0.2) is 52.3 Å². The van der Waals surface area contributed by atoms with E-state index in [0.29, 0.717) is 31.0 Å². The summed E-state index contributed by atoms with van der Waals surface area (Å²) >= 11 is 0. The number of rotatable bonds is 7. The molecule has 3 aromatic rings. The molecule has 1 aromatic heterocycles. The summed E-state index contributed by atoms with van der Waals surface area (Å²) in [6, 6.07) is 9.75. The van der Waals surface area contributed by atoms with Gasteiger partial charge in [-0.1, -0.05) is 6.07 Å². The van der Waals surface area contributed by atoms with E-state index < -0.39 is 21.4 Å². The molecule has 1 amide bonds. The van der Waals surface area contributed by atoms with E-state index >= 15 is 0 Å². The van der Waals surface area contributed by atoms with Crippen molar-refractivity contribution in [2.24, 2.45) is 0 Å². The van der Waals surface area contributed by atoms with E-state index in [4.69, 9.17) is 4.74 Å². The average molecular weight is 500 g/mol. The van der Waals surface area contributed by atoms with Crippen LogP contribution in [-0.4, -0.2) is 65.7 Å². The van der Waals surface area contributed by atoms with E-state index in [9.17, 15) is 18.0 Å². The normalized spacial score (nSPS) is 14.7. The summed E-state index contributed by atoms with van der Waals surface area (Å²) in [6.45, 7) is 8.24. The molecule has 0 radical (unpaired) electrons. The van der Waals surface area contributed by atoms with Gasteiger partial charge in [0.2, 0.25) is 5.43 Å². The Balaban J connectivity index is 1.58. The number of carbonyl (C=O) groups excluding carboxylic acids is 1. The molecule has 1 fully saturated rings. The number of aryl methyl sites for hydroxylation is 2. The lowest BCUT2D eigenvalue weighted by Gasteiger charge is -2.23. The molecular formula is C25H31N4O5S+. The van der Waals surface area contributed by atoms with Crippen LogP contribution in [0.25, 0.3) is 10.9 Å². The number of H-pyrrole nitrogens is 1. The topological polar surface area (TPSA) is 113 Å². The molecule has 0 saturated carbocycles. The van der Waals surface area contributed by atoms with Crippen LogP contribution in [0.1, 0.15) is 21.5 Å². The SMILES string of the molecule is Cc1ccc(N(C)S(=O)(=O)c2ccc3[nH]cc(C(=O)NCC[NH+]4CCOCC4)c(=O)c3c2)cc1C. The highest BCUT2D eigenvalue weighted by molar-refractivity contribution is 7.92. The first-order chi connectivity index (χ1) is 16.7. The zero-order valence-corrected chi connectivity index (χ0v) is 21.0. The molecule has 0 bridgehead atoms. The number of hydrogen-bond donors (Lipinski definition) is 3. The summed E-state index contributed by atoms with van der Waals surface area (Å²) in [6.07, 6.45) is 1.37. The number of nitrogens with zero attached hydrogens (tertiary/aromatic N) is 1. The van der Waals surface area contributed by atoms with Gasteiger partial charge >= 0.3 is 0 Å². The maximum Gasteiger partial charge on any atom is 0.264 e. The van der Waals surface area contributed by atoms with E-state index in [1.165, 1.54) is 34.6 Å². The van der Waals surface area contributed by atoms with Crippen molar-refractivity contribution < 1.29 is 22.8 Å². The second kappa shape index (κ2) is 10.2. The number of hydrogen-bond acceptors (Lipinski definition) is 5. The van der Waals surface area contributed by atoms with Crippen LogP contribution in [-0.2, 0) is 14.8 Å². The summed E-state index contributed by atoms with van der Waals surface area (Å²) in [5.74, 6) is -0.485. The van der Waals surface area contributed by atoms with Gasteiger partial charge in [0.05, 0.1) is 36.9 Å². The zero-order valence-electron chi connectivity index (χ0n) is 20.2.